The van der Waals surface area contributed by atoms with Crippen molar-refractivity contribution in [3.05, 3.63) is 29.7 Å². The molecular formula is C11H11ClN2. The molecule has 0 saturated heterocycles. The number of nitrogens with zero attached hydrogens (tertiary/aromatic N) is 2. The van der Waals surface area contributed by atoms with Crippen molar-refractivity contribution in [1.29, 1.82) is 0 Å². The van der Waals surface area contributed by atoms with Crippen LogP contribution in [0.15, 0.2) is 24.5 Å². The normalized spacial score (nSPS) is 17.2. The fraction of sp³-hybridized carbons (Fsp3) is 0.364. The van der Waals surface area contributed by atoms with Crippen LogP contribution in [0, 0.1) is 0 Å². The maximum atomic E-state index is 5.83. The average molecular weight is 207 g/mol. The van der Waals surface area contributed by atoms with E-state index in [9.17, 15) is 0 Å². The molecule has 0 aromatic carbocycles. The van der Waals surface area contributed by atoms with Gasteiger partial charge in [-0.05, 0) is 31.4 Å². The van der Waals surface area contributed by atoms with Gasteiger partial charge in [0, 0.05) is 17.6 Å². The van der Waals surface area contributed by atoms with E-state index in [1.807, 2.05) is 12.3 Å². The quantitative estimate of drug-likeness (QED) is 0.654. The first-order valence-electron chi connectivity index (χ1n) is 4.97. The van der Waals surface area contributed by atoms with Gasteiger partial charge in [-0.1, -0.05) is 11.6 Å². The van der Waals surface area contributed by atoms with Gasteiger partial charge in [0.1, 0.15) is 5.15 Å². The number of hydrogen-bond acceptors (Lipinski definition) is 1. The molecule has 0 spiro atoms. The molecule has 0 atom stereocenters. The van der Waals surface area contributed by atoms with Crippen LogP contribution >= 0.6 is 11.6 Å². The highest BCUT2D eigenvalue weighted by Gasteiger charge is 2.20. The van der Waals surface area contributed by atoms with Crippen LogP contribution < -0.4 is 0 Å². The first-order valence-corrected chi connectivity index (χ1v) is 5.34. The number of hydrogen-bond donors (Lipinski definition) is 0. The lowest BCUT2D eigenvalue weighted by atomic mass is 9.93. The topological polar surface area (TPSA) is 17.8 Å². The molecule has 2 nitrogen and oxygen atoms in total. The molecule has 0 amide bonds. The fourth-order valence-corrected chi connectivity index (χ4v) is 2.18. The van der Waals surface area contributed by atoms with Gasteiger partial charge in [0.05, 0.1) is 11.7 Å². The van der Waals surface area contributed by atoms with E-state index in [1.54, 1.807) is 0 Å². The van der Waals surface area contributed by atoms with Gasteiger partial charge in [-0.2, -0.15) is 0 Å². The van der Waals surface area contributed by atoms with E-state index in [1.165, 1.54) is 30.2 Å². The predicted octanol–water partition coefficient (Wildman–Crippen LogP) is 3.41. The van der Waals surface area contributed by atoms with Crippen molar-refractivity contribution in [3.63, 3.8) is 0 Å². The number of rotatable bonds is 1. The minimum atomic E-state index is 0.573. The van der Waals surface area contributed by atoms with Crippen LogP contribution in [-0.2, 0) is 0 Å². The molecule has 1 fully saturated rings. The Kier molecular flexibility index (Phi) is 1.77. The van der Waals surface area contributed by atoms with Gasteiger partial charge < -0.3 is 4.57 Å². The molecule has 1 aliphatic carbocycles. The summed E-state index contributed by atoms with van der Waals surface area (Å²) in [6.07, 6.45) is 7.96. The number of pyridine rings is 1. The minimum absolute atomic E-state index is 0.573. The van der Waals surface area contributed by atoms with E-state index in [2.05, 4.69) is 21.8 Å². The molecule has 3 heteroatoms. The Morgan fingerprint density at radius 1 is 1.43 bits per heavy atom. The van der Waals surface area contributed by atoms with Crippen LogP contribution in [0.1, 0.15) is 25.3 Å². The standard InChI is InChI=1S/C11H11ClN2/c12-11-6-8-4-5-14(9-2-1-3-9)10(8)7-13-11/h4-7,9H,1-3H2. The van der Waals surface area contributed by atoms with Crippen LogP contribution in [0.5, 0.6) is 0 Å². The molecule has 0 radical (unpaired) electrons. The zero-order valence-electron chi connectivity index (χ0n) is 7.78. The summed E-state index contributed by atoms with van der Waals surface area (Å²) >= 11 is 5.83. The van der Waals surface area contributed by atoms with Crippen molar-refractivity contribution in [2.24, 2.45) is 0 Å². The predicted molar refractivity (Wildman–Crippen MR) is 57.6 cm³/mol. The lowest BCUT2D eigenvalue weighted by molar-refractivity contribution is 0.321. The summed E-state index contributed by atoms with van der Waals surface area (Å²) in [5, 5.41) is 1.76. The molecule has 2 aromatic heterocycles. The van der Waals surface area contributed by atoms with Crippen molar-refractivity contribution < 1.29 is 0 Å². The van der Waals surface area contributed by atoms with Crippen molar-refractivity contribution in [1.82, 2.24) is 9.55 Å². The molecule has 0 N–H and O–H groups in total. The van der Waals surface area contributed by atoms with E-state index in [-0.39, 0.29) is 0 Å². The second kappa shape index (κ2) is 2.99. The van der Waals surface area contributed by atoms with Gasteiger partial charge in [-0.15, -0.1) is 0 Å². The zero-order chi connectivity index (χ0) is 9.54. The monoisotopic (exact) mass is 206 g/mol. The molecule has 3 rings (SSSR count). The van der Waals surface area contributed by atoms with Gasteiger partial charge in [-0.25, -0.2) is 4.98 Å². The van der Waals surface area contributed by atoms with E-state index < -0.39 is 0 Å². The summed E-state index contributed by atoms with van der Waals surface area (Å²) in [6.45, 7) is 0. The Bertz CT molecular complexity index is 471. The summed E-state index contributed by atoms with van der Waals surface area (Å²) in [6, 6.07) is 4.73. The average Bonchev–Trinajstić information content (AvgIpc) is 2.45. The lowest BCUT2D eigenvalue weighted by Gasteiger charge is -2.27. The molecule has 1 saturated carbocycles. The third kappa shape index (κ3) is 1.14. The lowest BCUT2D eigenvalue weighted by Crippen LogP contribution is -2.15. The van der Waals surface area contributed by atoms with Crippen LogP contribution in [0.4, 0.5) is 0 Å². The number of fused-ring (bicyclic) bond motifs is 1. The highest BCUT2D eigenvalue weighted by Crippen LogP contribution is 2.34. The van der Waals surface area contributed by atoms with Gasteiger partial charge >= 0.3 is 0 Å². The minimum Gasteiger partial charge on any atom is -0.343 e. The second-order valence-corrected chi connectivity index (χ2v) is 4.26. The van der Waals surface area contributed by atoms with Crippen molar-refractivity contribution in [3.8, 4) is 0 Å². The Morgan fingerprint density at radius 3 is 3.00 bits per heavy atom. The second-order valence-electron chi connectivity index (χ2n) is 3.87. The summed E-state index contributed by atoms with van der Waals surface area (Å²) in [7, 11) is 0. The third-order valence-corrected chi connectivity index (χ3v) is 3.25. The van der Waals surface area contributed by atoms with Gasteiger partial charge in [0.2, 0.25) is 0 Å². The Labute approximate surface area is 87.5 Å². The van der Waals surface area contributed by atoms with Gasteiger partial charge in [-0.3, -0.25) is 0 Å². The SMILES string of the molecule is Clc1cc2ccn(C3CCC3)c2cn1. The smallest absolute Gasteiger partial charge is 0.129 e. The van der Waals surface area contributed by atoms with Crippen LogP contribution in [0.25, 0.3) is 10.9 Å². The van der Waals surface area contributed by atoms with Crippen molar-refractivity contribution in [2.45, 2.75) is 25.3 Å². The molecule has 2 heterocycles. The molecule has 1 aliphatic rings. The fourth-order valence-electron chi connectivity index (χ4n) is 2.01. The molecule has 2 aromatic rings. The maximum Gasteiger partial charge on any atom is 0.129 e. The van der Waals surface area contributed by atoms with Crippen molar-refractivity contribution in [2.75, 3.05) is 0 Å². The largest absolute Gasteiger partial charge is 0.343 e. The van der Waals surface area contributed by atoms with Crippen LogP contribution in [0.3, 0.4) is 0 Å². The highest BCUT2D eigenvalue weighted by atomic mass is 35.5. The first kappa shape index (κ1) is 8.30. The van der Waals surface area contributed by atoms with Gasteiger partial charge in [0.15, 0.2) is 0 Å². The molecule has 72 valence electrons. The Morgan fingerprint density at radius 2 is 2.29 bits per heavy atom. The molecule has 0 unspecified atom stereocenters. The highest BCUT2D eigenvalue weighted by molar-refractivity contribution is 6.30. The van der Waals surface area contributed by atoms with Gasteiger partial charge in [0.25, 0.3) is 0 Å². The van der Waals surface area contributed by atoms with E-state index in [0.29, 0.717) is 11.2 Å². The molecule has 0 aliphatic heterocycles. The summed E-state index contributed by atoms with van der Waals surface area (Å²) < 4.78 is 2.32. The third-order valence-electron chi connectivity index (χ3n) is 3.04. The summed E-state index contributed by atoms with van der Waals surface area (Å²) in [5.74, 6) is 0. The van der Waals surface area contributed by atoms with E-state index >= 15 is 0 Å². The van der Waals surface area contributed by atoms with Crippen LogP contribution in [-0.4, -0.2) is 9.55 Å². The maximum absolute atomic E-state index is 5.83. The van der Waals surface area contributed by atoms with E-state index in [4.69, 9.17) is 11.6 Å². The summed E-state index contributed by atoms with van der Waals surface area (Å²) in [5.41, 5.74) is 1.21. The summed E-state index contributed by atoms with van der Waals surface area (Å²) in [4.78, 5) is 4.13. The molecular weight excluding hydrogens is 196 g/mol. The Hall–Kier alpha value is -1.02. The zero-order valence-corrected chi connectivity index (χ0v) is 8.54. The van der Waals surface area contributed by atoms with E-state index in [0.717, 1.165) is 0 Å². The first-order chi connectivity index (χ1) is 6.84. The Balaban J connectivity index is 2.16. The number of halogens is 1. The number of aromatic nitrogens is 2. The molecule has 14 heavy (non-hydrogen) atoms. The van der Waals surface area contributed by atoms with Crippen molar-refractivity contribution >= 4 is 22.5 Å². The van der Waals surface area contributed by atoms with Crippen LogP contribution in [0.2, 0.25) is 5.15 Å². The molecule has 0 bridgehead atoms.